The predicted octanol–water partition coefficient (Wildman–Crippen LogP) is 2.45. The van der Waals surface area contributed by atoms with E-state index in [0.29, 0.717) is 34.2 Å². The number of nitrogens with one attached hydrogen (secondary N) is 1. The minimum Gasteiger partial charge on any atom is -0.493 e. The van der Waals surface area contributed by atoms with Gasteiger partial charge in [0.05, 0.1) is 27.0 Å². The third-order valence-corrected chi connectivity index (χ3v) is 3.58. The second-order valence-electron chi connectivity index (χ2n) is 5.17. The van der Waals surface area contributed by atoms with E-state index in [0.717, 1.165) is 5.56 Å². The largest absolute Gasteiger partial charge is 0.493 e. The summed E-state index contributed by atoms with van der Waals surface area (Å²) in [7, 11) is 4.61. The van der Waals surface area contributed by atoms with Gasteiger partial charge in [-0.2, -0.15) is 5.10 Å². The highest BCUT2D eigenvalue weighted by molar-refractivity contribution is 6.01. The third kappa shape index (κ3) is 4.20. The summed E-state index contributed by atoms with van der Waals surface area (Å²) in [5, 5.41) is 4.13. The van der Waals surface area contributed by atoms with Crippen LogP contribution in [0.3, 0.4) is 0 Å². The summed E-state index contributed by atoms with van der Waals surface area (Å²) in [5.41, 5.74) is 10.5. The van der Waals surface area contributed by atoms with E-state index in [1.54, 1.807) is 43.3 Å². The van der Waals surface area contributed by atoms with Gasteiger partial charge in [-0.25, -0.2) is 5.43 Å². The van der Waals surface area contributed by atoms with Crippen LogP contribution in [-0.4, -0.2) is 32.9 Å². The number of rotatable bonds is 6. The Morgan fingerprint density at radius 1 is 0.960 bits per heavy atom. The lowest BCUT2D eigenvalue weighted by molar-refractivity contribution is 0.0955. The highest BCUT2D eigenvalue weighted by atomic mass is 16.5. The number of carbonyl (C=O) groups excluding carboxylic acids is 1. The smallest absolute Gasteiger partial charge is 0.271 e. The van der Waals surface area contributed by atoms with E-state index in [9.17, 15) is 4.79 Å². The molecule has 1 amide bonds. The molecule has 0 radical (unpaired) electrons. The SMILES string of the molecule is COc1cc(C(C)=NNC(=O)c2ccc(N)cc2)cc(OC)c1OC. The molecular weight excluding hydrogens is 322 g/mol. The fourth-order valence-electron chi connectivity index (χ4n) is 2.19. The molecule has 7 nitrogen and oxygen atoms in total. The van der Waals surface area contributed by atoms with E-state index in [4.69, 9.17) is 19.9 Å². The molecule has 2 aromatic carbocycles. The Bertz CT molecular complexity index is 760. The molecule has 3 N–H and O–H groups in total. The molecule has 0 heterocycles. The van der Waals surface area contributed by atoms with E-state index in [-0.39, 0.29) is 5.91 Å². The topological polar surface area (TPSA) is 95.2 Å². The van der Waals surface area contributed by atoms with Crippen molar-refractivity contribution >= 4 is 17.3 Å². The van der Waals surface area contributed by atoms with Gasteiger partial charge in [0.1, 0.15) is 0 Å². The summed E-state index contributed by atoms with van der Waals surface area (Å²) < 4.78 is 15.9. The van der Waals surface area contributed by atoms with Crippen LogP contribution in [-0.2, 0) is 0 Å². The third-order valence-electron chi connectivity index (χ3n) is 3.58. The maximum atomic E-state index is 12.1. The quantitative estimate of drug-likeness (QED) is 0.477. The van der Waals surface area contributed by atoms with Crippen molar-refractivity contribution < 1.29 is 19.0 Å². The summed E-state index contributed by atoms with van der Waals surface area (Å²) in [5.74, 6) is 1.19. The minimum absolute atomic E-state index is 0.327. The van der Waals surface area contributed by atoms with Gasteiger partial charge in [-0.15, -0.1) is 0 Å². The number of nitrogens with zero attached hydrogens (tertiary/aromatic N) is 1. The van der Waals surface area contributed by atoms with E-state index < -0.39 is 0 Å². The van der Waals surface area contributed by atoms with Crippen LogP contribution < -0.4 is 25.4 Å². The summed E-state index contributed by atoms with van der Waals surface area (Å²) in [4.78, 5) is 12.1. The molecule has 2 aromatic rings. The molecule has 0 bridgehead atoms. The van der Waals surface area contributed by atoms with Crippen molar-refractivity contribution in [1.82, 2.24) is 5.43 Å². The van der Waals surface area contributed by atoms with Crippen LogP contribution in [0.25, 0.3) is 0 Å². The van der Waals surface area contributed by atoms with Crippen molar-refractivity contribution in [2.45, 2.75) is 6.92 Å². The molecular formula is C18H21N3O4. The number of ether oxygens (including phenoxy) is 3. The van der Waals surface area contributed by atoms with E-state index >= 15 is 0 Å². The molecule has 132 valence electrons. The first-order valence-electron chi connectivity index (χ1n) is 7.50. The first kappa shape index (κ1) is 18.1. The average molecular weight is 343 g/mol. The Hall–Kier alpha value is -3.22. The Balaban J connectivity index is 2.24. The highest BCUT2D eigenvalue weighted by Crippen LogP contribution is 2.38. The number of carbonyl (C=O) groups is 1. The lowest BCUT2D eigenvalue weighted by Crippen LogP contribution is -2.19. The van der Waals surface area contributed by atoms with Crippen molar-refractivity contribution in [2.75, 3.05) is 27.1 Å². The van der Waals surface area contributed by atoms with Gasteiger partial charge in [0.2, 0.25) is 5.75 Å². The van der Waals surface area contributed by atoms with Crippen LogP contribution in [0.15, 0.2) is 41.5 Å². The first-order valence-corrected chi connectivity index (χ1v) is 7.50. The number of benzene rings is 2. The lowest BCUT2D eigenvalue weighted by atomic mass is 10.1. The lowest BCUT2D eigenvalue weighted by Gasteiger charge is -2.14. The van der Waals surface area contributed by atoms with Gasteiger partial charge < -0.3 is 19.9 Å². The standard InChI is InChI=1S/C18H21N3O4/c1-11(20-21-18(22)12-5-7-14(19)8-6-12)13-9-15(23-2)17(25-4)16(10-13)24-3/h5-10H,19H2,1-4H3,(H,21,22). The molecule has 0 aliphatic heterocycles. The van der Waals surface area contributed by atoms with Gasteiger partial charge in [0.25, 0.3) is 5.91 Å². The number of nitrogens with two attached hydrogens (primary N) is 1. The molecule has 0 atom stereocenters. The van der Waals surface area contributed by atoms with Crippen molar-refractivity contribution in [3.8, 4) is 17.2 Å². The Morgan fingerprint density at radius 3 is 2.00 bits per heavy atom. The van der Waals surface area contributed by atoms with Crippen molar-refractivity contribution in [3.63, 3.8) is 0 Å². The normalized spacial score (nSPS) is 11.0. The van der Waals surface area contributed by atoms with E-state index in [1.165, 1.54) is 21.3 Å². The van der Waals surface area contributed by atoms with Crippen LogP contribution in [0.2, 0.25) is 0 Å². The summed E-state index contributed by atoms with van der Waals surface area (Å²) in [6.45, 7) is 1.77. The first-order chi connectivity index (χ1) is 12.0. The Kier molecular flexibility index (Phi) is 5.84. The van der Waals surface area contributed by atoms with Crippen LogP contribution in [0.5, 0.6) is 17.2 Å². The van der Waals surface area contributed by atoms with E-state index in [2.05, 4.69) is 10.5 Å². The molecule has 25 heavy (non-hydrogen) atoms. The molecule has 0 aliphatic carbocycles. The maximum absolute atomic E-state index is 12.1. The second-order valence-corrected chi connectivity index (χ2v) is 5.17. The van der Waals surface area contributed by atoms with Crippen LogP contribution >= 0.6 is 0 Å². The van der Waals surface area contributed by atoms with Crippen LogP contribution in [0.4, 0.5) is 5.69 Å². The van der Waals surface area contributed by atoms with Gasteiger partial charge in [0, 0.05) is 16.8 Å². The monoisotopic (exact) mass is 343 g/mol. The minimum atomic E-state index is -0.327. The van der Waals surface area contributed by atoms with Gasteiger partial charge in [-0.05, 0) is 43.3 Å². The zero-order valence-electron chi connectivity index (χ0n) is 14.6. The van der Waals surface area contributed by atoms with Gasteiger partial charge in [-0.3, -0.25) is 4.79 Å². The highest BCUT2D eigenvalue weighted by Gasteiger charge is 2.14. The molecule has 0 aromatic heterocycles. The fraction of sp³-hybridized carbons (Fsp3) is 0.222. The van der Waals surface area contributed by atoms with Crippen LogP contribution in [0.1, 0.15) is 22.8 Å². The average Bonchev–Trinajstić information content (AvgIpc) is 2.64. The number of hydrazone groups is 1. The molecule has 0 spiro atoms. The predicted molar refractivity (Wildman–Crippen MR) is 96.6 cm³/mol. The zero-order valence-corrected chi connectivity index (χ0v) is 14.6. The van der Waals surface area contributed by atoms with Crippen molar-refractivity contribution in [2.24, 2.45) is 5.10 Å². The maximum Gasteiger partial charge on any atom is 0.271 e. The Morgan fingerprint density at radius 2 is 1.52 bits per heavy atom. The van der Waals surface area contributed by atoms with Gasteiger partial charge in [0.15, 0.2) is 11.5 Å². The molecule has 0 saturated heterocycles. The van der Waals surface area contributed by atoms with E-state index in [1.807, 2.05) is 0 Å². The number of anilines is 1. The summed E-state index contributed by atoms with van der Waals surface area (Å²) in [6, 6.07) is 10.1. The number of nitrogen functional groups attached to an aromatic ring is 1. The second kappa shape index (κ2) is 8.05. The fourth-order valence-corrected chi connectivity index (χ4v) is 2.19. The van der Waals surface area contributed by atoms with Crippen LogP contribution in [0, 0.1) is 0 Å². The van der Waals surface area contributed by atoms with Gasteiger partial charge in [-0.1, -0.05) is 0 Å². The number of methoxy groups -OCH3 is 3. The summed E-state index contributed by atoms with van der Waals surface area (Å²) >= 11 is 0. The number of amides is 1. The molecule has 0 fully saturated rings. The number of hydrogen-bond acceptors (Lipinski definition) is 6. The molecule has 0 aliphatic rings. The zero-order chi connectivity index (χ0) is 18.4. The number of hydrogen-bond donors (Lipinski definition) is 2. The van der Waals surface area contributed by atoms with Crippen molar-refractivity contribution in [3.05, 3.63) is 47.5 Å². The molecule has 7 heteroatoms. The summed E-state index contributed by atoms with van der Waals surface area (Å²) in [6.07, 6.45) is 0. The molecule has 0 saturated carbocycles. The Labute approximate surface area is 146 Å². The molecule has 0 unspecified atom stereocenters. The molecule has 2 rings (SSSR count). The van der Waals surface area contributed by atoms with Crippen molar-refractivity contribution in [1.29, 1.82) is 0 Å². The van der Waals surface area contributed by atoms with Gasteiger partial charge >= 0.3 is 0 Å².